The molecular weight excluding hydrogens is 184 g/mol. The number of piperidine rings is 1. The van der Waals surface area contributed by atoms with Gasteiger partial charge in [0, 0.05) is 6.54 Å². The van der Waals surface area contributed by atoms with E-state index in [2.05, 4.69) is 31.1 Å². The number of nitrogens with zero attached hydrogens (tertiary/aromatic N) is 1. The van der Waals surface area contributed by atoms with Crippen molar-refractivity contribution in [2.75, 3.05) is 33.2 Å². The Kier molecular flexibility index (Phi) is 5.62. The molecule has 0 atom stereocenters. The highest BCUT2D eigenvalue weighted by molar-refractivity contribution is 4.83. The molecule has 1 heterocycles. The molecular formula is C13H28N2. The van der Waals surface area contributed by atoms with Crippen molar-refractivity contribution in [3.8, 4) is 0 Å². The lowest BCUT2D eigenvalue weighted by Gasteiger charge is -2.39. The molecule has 1 saturated heterocycles. The van der Waals surface area contributed by atoms with Crippen LogP contribution in [-0.2, 0) is 0 Å². The van der Waals surface area contributed by atoms with Gasteiger partial charge in [-0.15, -0.1) is 0 Å². The second-order valence-corrected chi connectivity index (χ2v) is 5.39. The van der Waals surface area contributed by atoms with Crippen molar-refractivity contribution < 1.29 is 0 Å². The Morgan fingerprint density at radius 1 is 1.20 bits per heavy atom. The fraction of sp³-hybridized carbons (Fsp3) is 1.00. The van der Waals surface area contributed by atoms with Crippen LogP contribution in [0.5, 0.6) is 0 Å². The maximum absolute atomic E-state index is 3.33. The van der Waals surface area contributed by atoms with Gasteiger partial charge in [-0.05, 0) is 51.4 Å². The minimum Gasteiger partial charge on any atom is -0.319 e. The lowest BCUT2D eigenvalue weighted by molar-refractivity contribution is 0.117. The Morgan fingerprint density at radius 3 is 2.40 bits per heavy atom. The van der Waals surface area contributed by atoms with E-state index >= 15 is 0 Å². The van der Waals surface area contributed by atoms with Gasteiger partial charge in [-0.3, -0.25) is 0 Å². The zero-order valence-electron chi connectivity index (χ0n) is 10.8. The number of rotatable bonds is 6. The Labute approximate surface area is 95.4 Å². The lowest BCUT2D eigenvalue weighted by Crippen LogP contribution is -2.43. The summed E-state index contributed by atoms with van der Waals surface area (Å²) < 4.78 is 0. The van der Waals surface area contributed by atoms with E-state index in [4.69, 9.17) is 0 Å². The molecule has 0 aliphatic carbocycles. The molecule has 1 aliphatic heterocycles. The van der Waals surface area contributed by atoms with Crippen LogP contribution >= 0.6 is 0 Å². The highest BCUT2D eigenvalue weighted by Crippen LogP contribution is 2.29. The summed E-state index contributed by atoms with van der Waals surface area (Å²) in [4.78, 5) is 2.65. The fourth-order valence-electron chi connectivity index (χ4n) is 2.51. The molecule has 1 aliphatic rings. The number of hydrogen-bond acceptors (Lipinski definition) is 2. The maximum Gasteiger partial charge on any atom is 0.000311 e. The molecule has 1 N–H and O–H groups in total. The van der Waals surface area contributed by atoms with Gasteiger partial charge in [0.15, 0.2) is 0 Å². The van der Waals surface area contributed by atoms with Crippen molar-refractivity contribution in [3.05, 3.63) is 0 Å². The zero-order valence-corrected chi connectivity index (χ0v) is 10.8. The van der Waals surface area contributed by atoms with E-state index in [0.717, 1.165) is 0 Å². The van der Waals surface area contributed by atoms with Crippen molar-refractivity contribution >= 4 is 0 Å². The topological polar surface area (TPSA) is 15.3 Å². The standard InChI is InChI=1S/C13H28N2/c1-4-5-6-9-15-10-7-13(2,8-11-15)12-14-3/h14H,4-12H2,1-3H3. The van der Waals surface area contributed by atoms with Crippen molar-refractivity contribution in [3.63, 3.8) is 0 Å². The van der Waals surface area contributed by atoms with E-state index < -0.39 is 0 Å². The first kappa shape index (κ1) is 13.0. The van der Waals surface area contributed by atoms with Gasteiger partial charge in [-0.1, -0.05) is 26.7 Å². The molecule has 0 spiro atoms. The van der Waals surface area contributed by atoms with E-state index in [9.17, 15) is 0 Å². The third kappa shape index (κ3) is 4.52. The molecule has 0 unspecified atom stereocenters. The average Bonchev–Trinajstić information content (AvgIpc) is 2.22. The molecule has 0 bridgehead atoms. The average molecular weight is 212 g/mol. The van der Waals surface area contributed by atoms with Gasteiger partial charge in [0.1, 0.15) is 0 Å². The smallest absolute Gasteiger partial charge is 0.000311 e. The van der Waals surface area contributed by atoms with Crippen molar-refractivity contribution in [2.45, 2.75) is 46.0 Å². The highest BCUT2D eigenvalue weighted by Gasteiger charge is 2.28. The molecule has 0 aromatic carbocycles. The molecule has 2 nitrogen and oxygen atoms in total. The van der Waals surface area contributed by atoms with Crippen LogP contribution in [0.1, 0.15) is 46.0 Å². The molecule has 1 fully saturated rings. The van der Waals surface area contributed by atoms with Crippen molar-refractivity contribution in [1.82, 2.24) is 10.2 Å². The van der Waals surface area contributed by atoms with Crippen LogP contribution < -0.4 is 5.32 Å². The highest BCUT2D eigenvalue weighted by atomic mass is 15.1. The summed E-state index contributed by atoms with van der Waals surface area (Å²) in [6, 6.07) is 0. The van der Waals surface area contributed by atoms with Crippen LogP contribution in [0.25, 0.3) is 0 Å². The van der Waals surface area contributed by atoms with E-state index in [-0.39, 0.29) is 0 Å². The largest absolute Gasteiger partial charge is 0.319 e. The van der Waals surface area contributed by atoms with Crippen molar-refractivity contribution in [1.29, 1.82) is 0 Å². The molecule has 2 heteroatoms. The van der Waals surface area contributed by atoms with Crippen LogP contribution in [0.15, 0.2) is 0 Å². The van der Waals surface area contributed by atoms with E-state index in [1.807, 2.05) is 0 Å². The van der Waals surface area contributed by atoms with E-state index in [1.165, 1.54) is 58.3 Å². The molecule has 0 aromatic rings. The van der Waals surface area contributed by atoms with Crippen LogP contribution in [0.2, 0.25) is 0 Å². The van der Waals surface area contributed by atoms with Gasteiger partial charge in [0.25, 0.3) is 0 Å². The fourth-order valence-corrected chi connectivity index (χ4v) is 2.51. The first-order valence-electron chi connectivity index (χ1n) is 6.57. The van der Waals surface area contributed by atoms with E-state index in [1.54, 1.807) is 0 Å². The van der Waals surface area contributed by atoms with Gasteiger partial charge < -0.3 is 10.2 Å². The van der Waals surface area contributed by atoms with Gasteiger partial charge in [0.05, 0.1) is 0 Å². The van der Waals surface area contributed by atoms with Gasteiger partial charge in [0.2, 0.25) is 0 Å². The molecule has 15 heavy (non-hydrogen) atoms. The summed E-state index contributed by atoms with van der Waals surface area (Å²) in [5.41, 5.74) is 0.552. The molecule has 0 radical (unpaired) electrons. The predicted molar refractivity (Wildman–Crippen MR) is 67.2 cm³/mol. The normalized spacial score (nSPS) is 21.8. The molecule has 0 amide bonds. The summed E-state index contributed by atoms with van der Waals surface area (Å²) in [7, 11) is 2.07. The Hall–Kier alpha value is -0.0800. The number of unbranched alkanes of at least 4 members (excludes halogenated alkanes) is 2. The Bertz CT molecular complexity index is 160. The summed E-state index contributed by atoms with van der Waals surface area (Å²) in [6.45, 7) is 9.82. The molecule has 90 valence electrons. The Morgan fingerprint density at radius 2 is 1.87 bits per heavy atom. The Balaban J connectivity index is 2.17. The van der Waals surface area contributed by atoms with Crippen molar-refractivity contribution in [2.24, 2.45) is 5.41 Å². The van der Waals surface area contributed by atoms with Crippen LogP contribution in [-0.4, -0.2) is 38.1 Å². The summed E-state index contributed by atoms with van der Waals surface area (Å²) in [5, 5.41) is 3.33. The number of hydrogen-bond donors (Lipinski definition) is 1. The second kappa shape index (κ2) is 6.49. The van der Waals surface area contributed by atoms with E-state index in [0.29, 0.717) is 5.41 Å². The SMILES string of the molecule is CCCCCN1CCC(C)(CNC)CC1. The second-order valence-electron chi connectivity index (χ2n) is 5.39. The number of likely N-dealkylation sites (tertiary alicyclic amines) is 1. The molecule has 0 aromatic heterocycles. The van der Waals surface area contributed by atoms with Gasteiger partial charge in [-0.2, -0.15) is 0 Å². The van der Waals surface area contributed by atoms with Crippen LogP contribution in [0, 0.1) is 5.41 Å². The van der Waals surface area contributed by atoms with Crippen LogP contribution in [0.3, 0.4) is 0 Å². The maximum atomic E-state index is 3.33. The summed E-state index contributed by atoms with van der Waals surface area (Å²) in [5.74, 6) is 0. The predicted octanol–water partition coefficient (Wildman–Crippen LogP) is 2.50. The number of nitrogens with one attached hydrogen (secondary N) is 1. The molecule has 0 saturated carbocycles. The van der Waals surface area contributed by atoms with Gasteiger partial charge >= 0.3 is 0 Å². The minimum absolute atomic E-state index is 0.552. The van der Waals surface area contributed by atoms with Gasteiger partial charge in [-0.25, -0.2) is 0 Å². The molecule has 1 rings (SSSR count). The third-order valence-electron chi connectivity index (χ3n) is 3.74. The lowest BCUT2D eigenvalue weighted by atomic mass is 9.80. The van der Waals surface area contributed by atoms with Crippen LogP contribution in [0.4, 0.5) is 0 Å². The monoisotopic (exact) mass is 212 g/mol. The first-order valence-corrected chi connectivity index (χ1v) is 6.57. The minimum atomic E-state index is 0.552. The first-order chi connectivity index (χ1) is 7.20. The zero-order chi connectivity index (χ0) is 11.1. The summed E-state index contributed by atoms with van der Waals surface area (Å²) in [6.07, 6.45) is 6.84. The summed E-state index contributed by atoms with van der Waals surface area (Å²) >= 11 is 0. The quantitative estimate of drug-likeness (QED) is 0.681. The third-order valence-corrected chi connectivity index (χ3v) is 3.74.